The van der Waals surface area contributed by atoms with Crippen LogP contribution >= 0.6 is 0 Å². The van der Waals surface area contributed by atoms with Crippen LogP contribution in [0.4, 0.5) is 0 Å². The summed E-state index contributed by atoms with van der Waals surface area (Å²) in [5.74, 6) is 2.63. The van der Waals surface area contributed by atoms with E-state index in [0.717, 1.165) is 62.8 Å². The van der Waals surface area contributed by atoms with Crippen molar-refractivity contribution < 1.29 is 8.63 Å². The van der Waals surface area contributed by atoms with Crippen molar-refractivity contribution in [3.8, 4) is 0 Å². The van der Waals surface area contributed by atoms with Gasteiger partial charge >= 0.3 is 0 Å². The molecule has 2 N–H and O–H groups in total. The van der Waals surface area contributed by atoms with Crippen molar-refractivity contribution in [1.82, 2.24) is 15.5 Å². The number of hydrogen-bond donors (Lipinski definition) is 2. The third kappa shape index (κ3) is 6.57. The number of likely N-dealkylation sites (tertiary alicyclic amines) is 1. The van der Waals surface area contributed by atoms with Gasteiger partial charge in [0.25, 0.3) is 0 Å². The molecule has 1 aliphatic heterocycles. The predicted molar refractivity (Wildman–Crippen MR) is 121 cm³/mol. The Kier molecular flexibility index (Phi) is 9.05. The topological polar surface area (TPSA) is 69.9 Å². The largest absolute Gasteiger partial charge is 0.468 e. The molecule has 1 aliphatic carbocycles. The molecule has 29 heavy (non-hydrogen) atoms. The van der Waals surface area contributed by atoms with Crippen molar-refractivity contribution in [1.29, 1.82) is 0 Å². The van der Waals surface area contributed by atoms with Crippen LogP contribution in [0, 0.1) is 0 Å². The second kappa shape index (κ2) is 11.7. The van der Waals surface area contributed by atoms with Gasteiger partial charge in [0, 0.05) is 34.4 Å². The average Bonchev–Trinajstić information content (AvgIpc) is 3.29. The first kappa shape index (κ1) is 22.3. The lowest BCUT2D eigenvalue weighted by molar-refractivity contribution is 0.150. The van der Waals surface area contributed by atoms with E-state index in [1.807, 2.05) is 13.0 Å². The maximum absolute atomic E-state index is 12.3. The Morgan fingerprint density at radius 3 is 2.79 bits per heavy atom. The van der Waals surface area contributed by atoms with E-state index >= 15 is 0 Å². The third-order valence-corrected chi connectivity index (χ3v) is 7.83. The molecule has 1 saturated carbocycles. The Morgan fingerprint density at radius 2 is 2.10 bits per heavy atom. The number of nitrogens with zero attached hydrogens (tertiary/aromatic N) is 2. The second-order valence-corrected chi connectivity index (χ2v) is 10.2. The number of guanidine groups is 1. The van der Waals surface area contributed by atoms with E-state index in [4.69, 9.17) is 9.41 Å². The highest BCUT2D eigenvalue weighted by Crippen LogP contribution is 2.26. The molecule has 0 amide bonds. The number of nitrogens with one attached hydrogen (secondary N) is 2. The molecule has 0 bridgehead atoms. The minimum atomic E-state index is -0.707. The summed E-state index contributed by atoms with van der Waals surface area (Å²) >= 11 is 0. The van der Waals surface area contributed by atoms with Gasteiger partial charge in [-0.1, -0.05) is 19.8 Å². The molecule has 4 atom stereocenters. The lowest BCUT2D eigenvalue weighted by Crippen LogP contribution is -2.47. The van der Waals surface area contributed by atoms with Gasteiger partial charge in [0.2, 0.25) is 0 Å². The first-order chi connectivity index (χ1) is 14.2. The summed E-state index contributed by atoms with van der Waals surface area (Å²) in [5.41, 5.74) is 0. The highest BCUT2D eigenvalue weighted by Gasteiger charge is 2.27. The highest BCUT2D eigenvalue weighted by molar-refractivity contribution is 7.85. The fourth-order valence-electron chi connectivity index (χ4n) is 4.54. The molecule has 0 aromatic carbocycles. The van der Waals surface area contributed by atoms with Crippen molar-refractivity contribution in [2.24, 2.45) is 4.99 Å². The van der Waals surface area contributed by atoms with Gasteiger partial charge in [0.1, 0.15) is 5.76 Å². The predicted octanol–water partition coefficient (Wildman–Crippen LogP) is 3.44. The highest BCUT2D eigenvalue weighted by atomic mass is 32.2. The first-order valence-electron chi connectivity index (χ1n) is 11.4. The zero-order valence-electron chi connectivity index (χ0n) is 18.1. The maximum atomic E-state index is 12.3. The zero-order chi connectivity index (χ0) is 20.5. The fourth-order valence-corrected chi connectivity index (χ4v) is 5.89. The average molecular weight is 423 g/mol. The Bertz CT molecular complexity index is 643. The van der Waals surface area contributed by atoms with Gasteiger partial charge in [-0.15, -0.1) is 0 Å². The van der Waals surface area contributed by atoms with Crippen LogP contribution in [0.25, 0.3) is 0 Å². The molecular formula is C22H38N4O2S. The van der Waals surface area contributed by atoms with Gasteiger partial charge in [0.15, 0.2) is 5.96 Å². The first-order valence-corrected chi connectivity index (χ1v) is 12.8. The van der Waals surface area contributed by atoms with Crippen LogP contribution in [-0.4, -0.2) is 58.3 Å². The molecular weight excluding hydrogens is 384 g/mol. The Labute approximate surface area is 178 Å². The monoisotopic (exact) mass is 422 g/mol. The third-order valence-electron chi connectivity index (χ3n) is 6.09. The minimum absolute atomic E-state index is 0.187. The van der Waals surface area contributed by atoms with Gasteiger partial charge in [-0.05, 0) is 64.3 Å². The van der Waals surface area contributed by atoms with Crippen molar-refractivity contribution in [3.05, 3.63) is 24.2 Å². The van der Waals surface area contributed by atoms with Crippen molar-refractivity contribution >= 4 is 16.8 Å². The molecule has 1 aromatic heterocycles. The van der Waals surface area contributed by atoms with E-state index < -0.39 is 10.8 Å². The van der Waals surface area contributed by atoms with Crippen LogP contribution in [0.1, 0.15) is 70.6 Å². The van der Waals surface area contributed by atoms with Gasteiger partial charge in [0.05, 0.1) is 18.8 Å². The lowest BCUT2D eigenvalue weighted by Gasteiger charge is -2.33. The molecule has 1 saturated heterocycles. The van der Waals surface area contributed by atoms with Crippen LogP contribution in [0.15, 0.2) is 27.8 Å². The van der Waals surface area contributed by atoms with E-state index in [9.17, 15) is 4.21 Å². The van der Waals surface area contributed by atoms with E-state index in [2.05, 4.69) is 28.5 Å². The summed E-state index contributed by atoms with van der Waals surface area (Å²) in [7, 11) is -0.707. The van der Waals surface area contributed by atoms with Crippen LogP contribution in [0.5, 0.6) is 0 Å². The molecule has 2 heterocycles. The van der Waals surface area contributed by atoms with E-state index in [-0.39, 0.29) is 6.04 Å². The van der Waals surface area contributed by atoms with Crippen LogP contribution in [-0.2, 0) is 10.8 Å². The lowest BCUT2D eigenvalue weighted by atomic mass is 9.95. The molecule has 2 fully saturated rings. The number of aliphatic imine (C=N–C) groups is 1. The van der Waals surface area contributed by atoms with Crippen LogP contribution in [0.3, 0.4) is 0 Å². The molecule has 4 unspecified atom stereocenters. The normalized spacial score (nSPS) is 26.1. The quantitative estimate of drug-likeness (QED) is 0.496. The number of rotatable bonds is 8. The molecule has 7 heteroatoms. The van der Waals surface area contributed by atoms with Gasteiger partial charge in [-0.25, -0.2) is 0 Å². The molecule has 2 aliphatic rings. The number of piperidine rings is 1. The summed E-state index contributed by atoms with van der Waals surface area (Å²) in [6.45, 7) is 7.85. The number of furan rings is 1. The molecule has 0 radical (unpaired) electrons. The summed E-state index contributed by atoms with van der Waals surface area (Å²) in [6.07, 6.45) is 9.88. The Hall–Kier alpha value is -1.34. The number of hydrogen-bond acceptors (Lipinski definition) is 4. The molecule has 1 aromatic rings. The summed E-state index contributed by atoms with van der Waals surface area (Å²) in [6, 6.07) is 4.57. The molecule has 164 valence electrons. The maximum Gasteiger partial charge on any atom is 0.191 e. The molecule has 0 spiro atoms. The van der Waals surface area contributed by atoms with Crippen molar-refractivity contribution in [3.63, 3.8) is 0 Å². The molecule has 6 nitrogen and oxygen atoms in total. The van der Waals surface area contributed by atoms with Crippen LogP contribution < -0.4 is 10.6 Å². The zero-order valence-corrected chi connectivity index (χ0v) is 18.9. The van der Waals surface area contributed by atoms with Crippen molar-refractivity contribution in [2.75, 3.05) is 31.9 Å². The van der Waals surface area contributed by atoms with Crippen molar-refractivity contribution in [2.45, 2.75) is 76.1 Å². The van der Waals surface area contributed by atoms with Gasteiger partial charge < -0.3 is 15.1 Å². The standard InChI is InChI=1S/C22H38N4O2S/c1-3-23-22(25-18-10-8-11-19(16-18)29(27)4-2)24-17-20(21-12-9-15-28-21)26-13-6-5-7-14-26/h9,12,15,18-20H,3-8,10-11,13-14,16-17H2,1-2H3,(H2,23,24,25). The minimum Gasteiger partial charge on any atom is -0.468 e. The van der Waals surface area contributed by atoms with Gasteiger partial charge in [-0.2, -0.15) is 0 Å². The van der Waals surface area contributed by atoms with E-state index in [1.165, 1.54) is 19.3 Å². The smallest absolute Gasteiger partial charge is 0.191 e. The van der Waals surface area contributed by atoms with E-state index in [1.54, 1.807) is 6.26 Å². The second-order valence-electron chi connectivity index (χ2n) is 8.15. The van der Waals surface area contributed by atoms with Crippen LogP contribution in [0.2, 0.25) is 0 Å². The summed E-state index contributed by atoms with van der Waals surface area (Å²) < 4.78 is 18.0. The fraction of sp³-hybridized carbons (Fsp3) is 0.773. The summed E-state index contributed by atoms with van der Waals surface area (Å²) in [4.78, 5) is 7.46. The molecule has 3 rings (SSSR count). The SMILES string of the molecule is CCNC(=NCC(c1ccco1)N1CCCCC1)NC1CCCC(S(=O)CC)C1. The van der Waals surface area contributed by atoms with E-state index in [0.29, 0.717) is 17.8 Å². The Balaban J connectivity index is 1.65. The van der Waals surface area contributed by atoms with Gasteiger partial charge in [-0.3, -0.25) is 14.1 Å². The Morgan fingerprint density at radius 1 is 1.28 bits per heavy atom. The summed E-state index contributed by atoms with van der Waals surface area (Å²) in [5, 5.41) is 7.35.